The second kappa shape index (κ2) is 8.38. The highest BCUT2D eigenvalue weighted by atomic mass is 35.5. The molecular weight excluding hydrogens is 368 g/mol. The Labute approximate surface area is 161 Å². The topological polar surface area (TPSA) is 59.8 Å². The van der Waals surface area contributed by atoms with Crippen LogP contribution in [0.2, 0.25) is 5.02 Å². The van der Waals surface area contributed by atoms with E-state index in [2.05, 4.69) is 15.5 Å². The number of anilines is 1. The molecule has 0 spiro atoms. The number of amides is 1. The average molecular weight is 387 g/mol. The van der Waals surface area contributed by atoms with Crippen LogP contribution < -0.4 is 5.32 Å². The normalized spacial score (nSPS) is 10.7. The molecule has 0 aliphatic carbocycles. The minimum absolute atomic E-state index is 0.196. The third kappa shape index (κ3) is 4.26. The number of hydrogen-bond acceptors (Lipinski definition) is 4. The summed E-state index contributed by atoms with van der Waals surface area (Å²) in [7, 11) is 0. The number of carbonyl (C=O) groups excluding carboxylic acids is 1. The van der Waals surface area contributed by atoms with Crippen LogP contribution >= 0.6 is 23.4 Å². The van der Waals surface area contributed by atoms with Crippen LogP contribution in [0.5, 0.6) is 0 Å². The predicted octanol–water partition coefficient (Wildman–Crippen LogP) is 4.80. The minimum Gasteiger partial charge on any atom is -0.290 e. The van der Waals surface area contributed by atoms with Crippen molar-refractivity contribution in [2.45, 2.75) is 31.3 Å². The van der Waals surface area contributed by atoms with Crippen LogP contribution in [0.4, 0.5) is 5.95 Å². The van der Waals surface area contributed by atoms with Crippen LogP contribution in [-0.4, -0.2) is 20.7 Å². The first kappa shape index (κ1) is 18.5. The first-order valence-corrected chi connectivity index (χ1v) is 9.62. The summed E-state index contributed by atoms with van der Waals surface area (Å²) < 4.78 is 1.88. The second-order valence-corrected chi connectivity index (χ2v) is 7.10. The van der Waals surface area contributed by atoms with Crippen LogP contribution in [0.25, 0.3) is 0 Å². The molecule has 0 bridgehead atoms. The molecule has 7 heteroatoms. The highest BCUT2D eigenvalue weighted by Crippen LogP contribution is 2.27. The molecule has 0 saturated carbocycles. The van der Waals surface area contributed by atoms with Crippen molar-refractivity contribution < 1.29 is 4.79 Å². The Morgan fingerprint density at radius 1 is 1.19 bits per heavy atom. The van der Waals surface area contributed by atoms with Gasteiger partial charge in [0.2, 0.25) is 5.95 Å². The zero-order valence-electron chi connectivity index (χ0n) is 14.6. The molecule has 0 aliphatic rings. The highest BCUT2D eigenvalue weighted by Gasteiger charge is 2.15. The zero-order chi connectivity index (χ0) is 18.5. The smallest absolute Gasteiger partial charge is 0.258 e. The van der Waals surface area contributed by atoms with Gasteiger partial charge in [0.15, 0.2) is 5.16 Å². The largest absolute Gasteiger partial charge is 0.290 e. The molecule has 26 heavy (non-hydrogen) atoms. The Hall–Kier alpha value is -2.31. The van der Waals surface area contributed by atoms with Crippen LogP contribution in [0, 0.1) is 6.92 Å². The number of thioether (sulfide) groups is 1. The number of carbonyl (C=O) groups is 1. The Bertz CT molecular complexity index is 925. The van der Waals surface area contributed by atoms with E-state index in [1.165, 1.54) is 11.8 Å². The molecule has 2 aromatic carbocycles. The lowest BCUT2D eigenvalue weighted by atomic mass is 10.1. The fourth-order valence-electron chi connectivity index (χ4n) is 2.49. The summed E-state index contributed by atoms with van der Waals surface area (Å²) in [5.41, 5.74) is 2.67. The zero-order valence-corrected chi connectivity index (χ0v) is 16.1. The van der Waals surface area contributed by atoms with E-state index in [1.807, 2.05) is 60.9 Å². The number of halogens is 1. The van der Waals surface area contributed by atoms with Crippen LogP contribution in [0.3, 0.4) is 0 Å². The summed E-state index contributed by atoms with van der Waals surface area (Å²) in [4.78, 5) is 12.5. The molecule has 3 rings (SSSR count). The highest BCUT2D eigenvalue weighted by molar-refractivity contribution is 7.98. The number of nitrogens with one attached hydrogen (secondary N) is 1. The van der Waals surface area contributed by atoms with Crippen LogP contribution in [-0.2, 0) is 12.3 Å². The van der Waals surface area contributed by atoms with E-state index in [1.54, 1.807) is 6.07 Å². The Kier molecular flexibility index (Phi) is 5.96. The lowest BCUT2D eigenvalue weighted by Crippen LogP contribution is -2.16. The average Bonchev–Trinajstić information content (AvgIpc) is 3.02. The van der Waals surface area contributed by atoms with Crippen molar-refractivity contribution in [2.75, 3.05) is 5.32 Å². The molecule has 0 radical (unpaired) electrons. The molecule has 0 atom stereocenters. The summed E-state index contributed by atoms with van der Waals surface area (Å²) in [6, 6.07) is 15.2. The molecule has 134 valence electrons. The van der Waals surface area contributed by atoms with Gasteiger partial charge >= 0.3 is 0 Å². The van der Waals surface area contributed by atoms with Crippen LogP contribution in [0.15, 0.2) is 53.7 Å². The summed E-state index contributed by atoms with van der Waals surface area (Å²) in [6.45, 7) is 4.60. The van der Waals surface area contributed by atoms with E-state index in [0.717, 1.165) is 21.3 Å². The molecule has 0 aliphatic heterocycles. The Morgan fingerprint density at radius 3 is 2.73 bits per heavy atom. The fourth-order valence-corrected chi connectivity index (χ4v) is 3.78. The fraction of sp³-hybridized carbons (Fsp3) is 0.211. The van der Waals surface area contributed by atoms with Gasteiger partial charge in [-0.3, -0.25) is 14.7 Å². The van der Waals surface area contributed by atoms with E-state index in [9.17, 15) is 4.79 Å². The number of aryl methyl sites for hydroxylation is 1. The molecule has 1 amide bonds. The molecule has 5 nitrogen and oxygen atoms in total. The number of aromatic nitrogens is 3. The summed E-state index contributed by atoms with van der Waals surface area (Å²) in [5, 5.41) is 12.7. The maximum absolute atomic E-state index is 12.5. The van der Waals surface area contributed by atoms with Gasteiger partial charge < -0.3 is 0 Å². The Morgan fingerprint density at radius 2 is 2.00 bits per heavy atom. The van der Waals surface area contributed by atoms with Crippen molar-refractivity contribution in [3.05, 3.63) is 70.2 Å². The van der Waals surface area contributed by atoms with E-state index >= 15 is 0 Å². The lowest BCUT2D eigenvalue weighted by Gasteiger charge is -2.09. The van der Waals surface area contributed by atoms with Gasteiger partial charge in [-0.15, -0.1) is 10.2 Å². The number of benzene rings is 2. The molecule has 1 aromatic heterocycles. The molecule has 3 aromatic rings. The summed E-state index contributed by atoms with van der Waals surface area (Å²) >= 11 is 7.74. The molecule has 1 heterocycles. The van der Waals surface area contributed by atoms with Crippen molar-refractivity contribution in [1.82, 2.24) is 14.8 Å². The van der Waals surface area contributed by atoms with Gasteiger partial charge in [0.25, 0.3) is 5.91 Å². The van der Waals surface area contributed by atoms with Gasteiger partial charge in [-0.2, -0.15) is 0 Å². The first-order chi connectivity index (χ1) is 12.6. The number of hydrogen-bond donors (Lipinski definition) is 1. The van der Waals surface area contributed by atoms with Gasteiger partial charge in [0.05, 0.1) is 0 Å². The van der Waals surface area contributed by atoms with Gasteiger partial charge in [-0.05, 0) is 37.6 Å². The Balaban J connectivity index is 1.73. The maximum atomic E-state index is 12.5. The van der Waals surface area contributed by atoms with Crippen molar-refractivity contribution in [3.8, 4) is 0 Å². The van der Waals surface area contributed by atoms with Crippen LogP contribution in [0.1, 0.15) is 28.4 Å². The summed E-state index contributed by atoms with van der Waals surface area (Å²) in [6.07, 6.45) is 0. The van der Waals surface area contributed by atoms with Gasteiger partial charge in [0.1, 0.15) is 0 Å². The monoisotopic (exact) mass is 386 g/mol. The molecule has 0 saturated heterocycles. The molecule has 1 N–H and O–H groups in total. The predicted molar refractivity (Wildman–Crippen MR) is 106 cm³/mol. The maximum Gasteiger partial charge on any atom is 0.258 e. The van der Waals surface area contributed by atoms with E-state index in [4.69, 9.17) is 11.6 Å². The van der Waals surface area contributed by atoms with Gasteiger partial charge in [-0.1, -0.05) is 59.3 Å². The van der Waals surface area contributed by atoms with E-state index in [-0.39, 0.29) is 5.91 Å². The third-order valence-corrected chi connectivity index (χ3v) is 5.24. The van der Waals surface area contributed by atoms with E-state index < -0.39 is 0 Å². The van der Waals surface area contributed by atoms with Crippen molar-refractivity contribution in [1.29, 1.82) is 0 Å². The van der Waals surface area contributed by atoms with Crippen molar-refractivity contribution >= 4 is 35.2 Å². The first-order valence-electron chi connectivity index (χ1n) is 8.26. The standard InChI is InChI=1S/C19H19ClN4OS/c1-3-24-18(21-17(25)14-9-6-7-13(2)11-14)22-23-19(24)26-12-15-8-4-5-10-16(15)20/h4-11H,3,12H2,1-2H3,(H,21,22,25). The number of rotatable bonds is 6. The van der Waals surface area contributed by atoms with Gasteiger partial charge in [-0.25, -0.2) is 0 Å². The molecular formula is C19H19ClN4OS. The SMILES string of the molecule is CCn1c(NC(=O)c2cccc(C)c2)nnc1SCc1ccccc1Cl. The van der Waals surface area contributed by atoms with E-state index in [0.29, 0.717) is 23.8 Å². The molecule has 0 unspecified atom stereocenters. The van der Waals surface area contributed by atoms with Gasteiger partial charge in [0, 0.05) is 22.9 Å². The third-order valence-electron chi connectivity index (χ3n) is 3.85. The molecule has 0 fully saturated rings. The summed E-state index contributed by atoms with van der Waals surface area (Å²) in [5.74, 6) is 0.933. The quantitative estimate of drug-likeness (QED) is 0.618. The second-order valence-electron chi connectivity index (χ2n) is 5.75. The van der Waals surface area contributed by atoms with Crippen molar-refractivity contribution in [2.24, 2.45) is 0 Å². The lowest BCUT2D eigenvalue weighted by molar-refractivity contribution is 0.102. The van der Waals surface area contributed by atoms with Crippen molar-refractivity contribution in [3.63, 3.8) is 0 Å². The number of nitrogens with zero attached hydrogens (tertiary/aromatic N) is 3. The minimum atomic E-state index is -0.196.